The third-order valence-corrected chi connectivity index (χ3v) is 5.95. The van der Waals surface area contributed by atoms with Crippen molar-refractivity contribution in [1.82, 2.24) is 19.7 Å². The first-order valence-electron chi connectivity index (χ1n) is 8.76. The summed E-state index contributed by atoms with van der Waals surface area (Å²) in [5, 5.41) is 13.8. The molecule has 0 saturated heterocycles. The van der Waals surface area contributed by atoms with E-state index in [1.54, 1.807) is 18.0 Å². The number of aromatic nitrogens is 3. The fourth-order valence-electron chi connectivity index (χ4n) is 3.17. The van der Waals surface area contributed by atoms with Gasteiger partial charge in [-0.1, -0.05) is 17.7 Å². The van der Waals surface area contributed by atoms with Gasteiger partial charge in [-0.2, -0.15) is 10.2 Å². The summed E-state index contributed by atoms with van der Waals surface area (Å²) in [7, 11) is 1.93. The lowest BCUT2D eigenvalue weighted by Crippen LogP contribution is -2.35. The molecule has 0 saturated carbocycles. The van der Waals surface area contributed by atoms with Gasteiger partial charge < -0.3 is 4.90 Å². The van der Waals surface area contributed by atoms with E-state index in [2.05, 4.69) is 50.1 Å². The van der Waals surface area contributed by atoms with E-state index in [0.29, 0.717) is 5.02 Å². The van der Waals surface area contributed by atoms with Crippen LogP contribution in [0.1, 0.15) is 11.5 Å². The van der Waals surface area contributed by atoms with Crippen LogP contribution in [-0.4, -0.2) is 44.6 Å². The Kier molecular flexibility index (Phi) is 5.45. The number of fused-ring (bicyclic) bond motifs is 1. The fourth-order valence-corrected chi connectivity index (χ4v) is 4.29. The van der Waals surface area contributed by atoms with Gasteiger partial charge in [0, 0.05) is 48.9 Å². The molecular formula is C20H19ClN6S. The van der Waals surface area contributed by atoms with Crippen molar-refractivity contribution in [2.24, 2.45) is 17.3 Å². The van der Waals surface area contributed by atoms with Crippen LogP contribution in [0.5, 0.6) is 0 Å². The van der Waals surface area contributed by atoms with Gasteiger partial charge in [0.15, 0.2) is 5.84 Å². The van der Waals surface area contributed by atoms with Gasteiger partial charge in [-0.25, -0.2) is 0 Å². The Morgan fingerprint density at radius 3 is 3.04 bits per heavy atom. The van der Waals surface area contributed by atoms with Crippen LogP contribution in [0.25, 0.3) is 10.9 Å². The van der Waals surface area contributed by atoms with Crippen molar-refractivity contribution in [2.45, 2.75) is 10.8 Å². The first-order valence-corrected chi connectivity index (χ1v) is 10.1. The lowest BCUT2D eigenvalue weighted by atomic mass is 9.99. The number of hydrogen-bond acceptors (Lipinski definition) is 5. The maximum absolute atomic E-state index is 6.32. The predicted molar refractivity (Wildman–Crippen MR) is 116 cm³/mol. The minimum Gasteiger partial charge on any atom is -0.345 e. The molecule has 0 fully saturated rings. The monoisotopic (exact) mass is 410 g/mol. The van der Waals surface area contributed by atoms with Crippen LogP contribution in [-0.2, 0) is 7.05 Å². The van der Waals surface area contributed by atoms with Crippen molar-refractivity contribution in [3.8, 4) is 0 Å². The third-order valence-electron chi connectivity index (χ3n) is 4.59. The number of amidine groups is 1. The first kappa shape index (κ1) is 18.7. The molecular weight excluding hydrogens is 392 g/mol. The van der Waals surface area contributed by atoms with Gasteiger partial charge in [0.1, 0.15) is 0 Å². The van der Waals surface area contributed by atoms with Crippen LogP contribution in [0.4, 0.5) is 0 Å². The molecule has 1 aliphatic rings. The highest BCUT2D eigenvalue weighted by Gasteiger charge is 2.22. The molecule has 1 aromatic carbocycles. The number of nitrogens with zero attached hydrogens (tertiary/aromatic N) is 6. The molecule has 0 amide bonds. The van der Waals surface area contributed by atoms with E-state index in [1.165, 1.54) is 5.56 Å². The Bertz CT molecular complexity index is 1070. The van der Waals surface area contributed by atoms with E-state index < -0.39 is 0 Å². The van der Waals surface area contributed by atoms with Gasteiger partial charge in [0.2, 0.25) is 0 Å². The molecule has 1 unspecified atom stereocenters. The Labute approximate surface area is 172 Å². The maximum atomic E-state index is 6.32. The number of halogens is 1. The molecule has 3 aromatic rings. The molecule has 0 bridgehead atoms. The van der Waals surface area contributed by atoms with Crippen molar-refractivity contribution in [3.63, 3.8) is 0 Å². The largest absolute Gasteiger partial charge is 0.345 e. The second-order valence-electron chi connectivity index (χ2n) is 6.48. The van der Waals surface area contributed by atoms with Gasteiger partial charge in [-0.05, 0) is 35.9 Å². The van der Waals surface area contributed by atoms with Gasteiger partial charge in [-0.3, -0.25) is 9.67 Å². The van der Waals surface area contributed by atoms with Gasteiger partial charge >= 0.3 is 0 Å². The summed E-state index contributed by atoms with van der Waals surface area (Å²) < 4.78 is 1.82. The van der Waals surface area contributed by atoms with Crippen LogP contribution in [0.3, 0.4) is 0 Å². The molecule has 28 heavy (non-hydrogen) atoms. The molecule has 2 aromatic heterocycles. The first-order chi connectivity index (χ1) is 13.6. The Morgan fingerprint density at radius 2 is 2.25 bits per heavy atom. The van der Waals surface area contributed by atoms with Crippen LogP contribution in [0, 0.1) is 0 Å². The number of pyridine rings is 1. The van der Waals surface area contributed by atoms with Gasteiger partial charge in [0.25, 0.3) is 0 Å². The molecule has 0 N–H and O–H groups in total. The van der Waals surface area contributed by atoms with Crippen LogP contribution in [0.15, 0.2) is 70.1 Å². The lowest BCUT2D eigenvalue weighted by molar-refractivity contribution is 0.458. The number of rotatable bonds is 5. The molecule has 8 heteroatoms. The van der Waals surface area contributed by atoms with E-state index in [4.69, 9.17) is 11.6 Å². The standard InChI is InChI=1S/C20H19ClN6S/c1-22-25-20-6-3-14(15-10-24-26(2)11-15)12-27(20)13-28-16-4-5-19-17(9-16)18(21)7-8-23-19/h3-11,14H,1,12-13H2,2H3/b25-20-. The van der Waals surface area contributed by atoms with Gasteiger partial charge in [0.05, 0.1) is 22.6 Å². The number of thioether (sulfide) groups is 1. The zero-order valence-corrected chi connectivity index (χ0v) is 16.9. The van der Waals surface area contributed by atoms with Crippen LogP contribution >= 0.6 is 23.4 Å². The Morgan fingerprint density at radius 1 is 1.36 bits per heavy atom. The van der Waals surface area contributed by atoms with Crippen molar-refractivity contribution >= 4 is 46.8 Å². The quantitative estimate of drug-likeness (QED) is 0.356. The molecule has 1 aliphatic heterocycles. The number of aryl methyl sites for hydroxylation is 1. The second kappa shape index (κ2) is 8.16. The highest BCUT2D eigenvalue weighted by molar-refractivity contribution is 7.99. The third kappa shape index (κ3) is 3.95. The highest BCUT2D eigenvalue weighted by Crippen LogP contribution is 2.30. The minimum atomic E-state index is 0.258. The SMILES string of the molecule is C=N/N=C1/C=CC(c2cnn(C)c2)CN1CSc1ccc2nccc(Cl)c2c1. The predicted octanol–water partition coefficient (Wildman–Crippen LogP) is 4.34. The summed E-state index contributed by atoms with van der Waals surface area (Å²) in [5.74, 6) is 1.80. The zero-order valence-electron chi connectivity index (χ0n) is 15.4. The molecule has 0 spiro atoms. The minimum absolute atomic E-state index is 0.258. The molecule has 1 atom stereocenters. The fraction of sp³-hybridized carbons (Fsp3) is 0.200. The lowest BCUT2D eigenvalue weighted by Gasteiger charge is -2.30. The van der Waals surface area contributed by atoms with E-state index in [1.807, 2.05) is 42.3 Å². The summed E-state index contributed by atoms with van der Waals surface area (Å²) in [4.78, 5) is 7.68. The number of benzene rings is 1. The van der Waals surface area contributed by atoms with Crippen LogP contribution in [0.2, 0.25) is 5.02 Å². The maximum Gasteiger partial charge on any atom is 0.151 e. The molecule has 4 rings (SSSR count). The molecule has 142 valence electrons. The van der Waals surface area contributed by atoms with Crippen molar-refractivity contribution < 1.29 is 0 Å². The Hall–Kier alpha value is -2.64. The van der Waals surface area contributed by atoms with Crippen molar-refractivity contribution in [1.29, 1.82) is 0 Å². The van der Waals surface area contributed by atoms with Gasteiger partial charge in [-0.15, -0.1) is 16.9 Å². The summed E-state index contributed by atoms with van der Waals surface area (Å²) >= 11 is 8.04. The van der Waals surface area contributed by atoms with E-state index in [-0.39, 0.29) is 5.92 Å². The van der Waals surface area contributed by atoms with E-state index in [9.17, 15) is 0 Å². The summed E-state index contributed by atoms with van der Waals surface area (Å²) in [6, 6.07) is 7.96. The summed E-state index contributed by atoms with van der Waals surface area (Å²) in [6.07, 6.45) is 9.82. The number of hydrogen-bond donors (Lipinski definition) is 0. The van der Waals surface area contributed by atoms with E-state index in [0.717, 1.165) is 34.1 Å². The summed E-state index contributed by atoms with van der Waals surface area (Å²) in [5.41, 5.74) is 2.08. The second-order valence-corrected chi connectivity index (χ2v) is 7.91. The molecule has 0 aliphatic carbocycles. The highest BCUT2D eigenvalue weighted by atomic mass is 35.5. The average Bonchev–Trinajstić information content (AvgIpc) is 3.14. The average molecular weight is 411 g/mol. The normalized spacial score (nSPS) is 18.1. The van der Waals surface area contributed by atoms with E-state index >= 15 is 0 Å². The molecule has 0 radical (unpaired) electrons. The summed E-state index contributed by atoms with van der Waals surface area (Å²) in [6.45, 7) is 4.30. The molecule has 6 nitrogen and oxygen atoms in total. The Balaban J connectivity index is 1.53. The topological polar surface area (TPSA) is 58.7 Å². The molecule has 3 heterocycles. The smallest absolute Gasteiger partial charge is 0.151 e. The van der Waals surface area contributed by atoms with Crippen LogP contribution < -0.4 is 0 Å². The zero-order chi connectivity index (χ0) is 19.5. The van der Waals surface area contributed by atoms with Crippen molar-refractivity contribution in [3.05, 3.63) is 65.6 Å². The van der Waals surface area contributed by atoms with Crippen molar-refractivity contribution in [2.75, 3.05) is 12.4 Å².